The summed E-state index contributed by atoms with van der Waals surface area (Å²) < 4.78 is 11.0. The number of amides is 1. The number of carbonyl (C=O) groups excluding carboxylic acids is 1. The van der Waals surface area contributed by atoms with Gasteiger partial charge in [0.05, 0.1) is 0 Å². The lowest BCUT2D eigenvalue weighted by molar-refractivity contribution is 0.0855. The lowest BCUT2D eigenvalue weighted by Gasteiger charge is -2.28. The number of aromatic nitrogens is 1. The third-order valence-electron chi connectivity index (χ3n) is 4.73. The van der Waals surface area contributed by atoms with Gasteiger partial charge in [-0.2, -0.15) is 0 Å². The molecule has 1 aromatic heterocycles. The maximum absolute atomic E-state index is 12.4. The fourth-order valence-corrected chi connectivity index (χ4v) is 3.39. The van der Waals surface area contributed by atoms with Gasteiger partial charge in [-0.25, -0.2) is 4.98 Å². The zero-order chi connectivity index (χ0) is 15.4. The van der Waals surface area contributed by atoms with Crippen molar-refractivity contribution in [3.05, 3.63) is 17.8 Å². The summed E-state index contributed by atoms with van der Waals surface area (Å²) in [5.41, 5.74) is 6.48. The van der Waals surface area contributed by atoms with Gasteiger partial charge < -0.3 is 20.2 Å². The molecule has 1 amide bonds. The summed E-state index contributed by atoms with van der Waals surface area (Å²) in [5.74, 6) is 0.329. The molecule has 1 saturated carbocycles. The molecule has 1 saturated heterocycles. The number of nitrogens with zero attached hydrogens (tertiary/aromatic N) is 1. The van der Waals surface area contributed by atoms with Crippen LogP contribution in [0.25, 0.3) is 0 Å². The van der Waals surface area contributed by atoms with Gasteiger partial charge in [0.25, 0.3) is 5.91 Å². The molecule has 6 nitrogen and oxygen atoms in total. The first-order valence-corrected chi connectivity index (χ1v) is 8.30. The van der Waals surface area contributed by atoms with E-state index in [0.29, 0.717) is 24.6 Å². The van der Waals surface area contributed by atoms with Gasteiger partial charge in [0.2, 0.25) is 0 Å². The van der Waals surface area contributed by atoms with Crippen LogP contribution in [0.3, 0.4) is 0 Å². The Morgan fingerprint density at radius 1 is 1.32 bits per heavy atom. The van der Waals surface area contributed by atoms with E-state index in [1.54, 1.807) is 0 Å². The van der Waals surface area contributed by atoms with Gasteiger partial charge >= 0.3 is 0 Å². The number of oxazole rings is 1. The first kappa shape index (κ1) is 15.5. The third-order valence-corrected chi connectivity index (χ3v) is 4.73. The largest absolute Gasteiger partial charge is 0.445 e. The van der Waals surface area contributed by atoms with Crippen molar-refractivity contribution in [2.24, 2.45) is 5.73 Å². The molecule has 1 atom stereocenters. The van der Waals surface area contributed by atoms with Gasteiger partial charge in [0, 0.05) is 18.7 Å². The van der Waals surface area contributed by atoms with E-state index in [1.165, 1.54) is 19.2 Å². The van der Waals surface area contributed by atoms with Gasteiger partial charge in [-0.05, 0) is 25.7 Å². The minimum absolute atomic E-state index is 0.145. The number of nitrogens with one attached hydrogen (secondary N) is 1. The summed E-state index contributed by atoms with van der Waals surface area (Å²) in [6.07, 6.45) is 9.70. The van der Waals surface area contributed by atoms with Gasteiger partial charge in [-0.15, -0.1) is 0 Å². The van der Waals surface area contributed by atoms with E-state index in [2.05, 4.69) is 10.3 Å². The second-order valence-corrected chi connectivity index (χ2v) is 6.53. The van der Waals surface area contributed by atoms with Crippen LogP contribution in [0.15, 0.2) is 10.8 Å². The Morgan fingerprint density at radius 2 is 2.09 bits per heavy atom. The molecule has 0 radical (unpaired) electrons. The maximum Gasteiger partial charge on any atom is 0.273 e. The van der Waals surface area contributed by atoms with Crippen molar-refractivity contribution in [3.8, 4) is 0 Å². The number of hydrogen-bond donors (Lipinski definition) is 2. The molecular weight excluding hydrogens is 282 g/mol. The molecule has 2 aliphatic rings. The van der Waals surface area contributed by atoms with E-state index >= 15 is 0 Å². The number of carbonyl (C=O) groups is 1. The summed E-state index contributed by atoms with van der Waals surface area (Å²) in [6.45, 7) is 1.20. The van der Waals surface area contributed by atoms with Crippen LogP contribution in [0.5, 0.6) is 0 Å². The van der Waals surface area contributed by atoms with E-state index in [1.807, 2.05) is 0 Å². The van der Waals surface area contributed by atoms with Gasteiger partial charge in [-0.1, -0.05) is 25.7 Å². The van der Waals surface area contributed by atoms with Crippen LogP contribution >= 0.6 is 0 Å². The zero-order valence-corrected chi connectivity index (χ0v) is 13.0. The molecule has 1 aliphatic heterocycles. The molecule has 1 aromatic rings. The lowest BCUT2D eigenvalue weighted by Crippen LogP contribution is -2.50. The molecule has 3 rings (SSSR count). The Kier molecular flexibility index (Phi) is 4.78. The zero-order valence-electron chi connectivity index (χ0n) is 13.0. The summed E-state index contributed by atoms with van der Waals surface area (Å²) in [4.78, 5) is 16.5. The van der Waals surface area contributed by atoms with Crippen LogP contribution in [-0.4, -0.2) is 29.6 Å². The van der Waals surface area contributed by atoms with Crippen LogP contribution in [0.1, 0.15) is 73.7 Å². The summed E-state index contributed by atoms with van der Waals surface area (Å²) >= 11 is 0. The average Bonchev–Trinajstić information content (AvgIpc) is 3.15. The normalized spacial score (nSPS) is 24.9. The molecule has 122 valence electrons. The van der Waals surface area contributed by atoms with Crippen molar-refractivity contribution in [2.45, 2.75) is 63.0 Å². The highest BCUT2D eigenvalue weighted by Crippen LogP contribution is 2.30. The Morgan fingerprint density at radius 3 is 2.77 bits per heavy atom. The fraction of sp³-hybridized carbons (Fsp3) is 0.750. The number of nitrogens with two attached hydrogens (primary N) is 1. The quantitative estimate of drug-likeness (QED) is 0.833. The van der Waals surface area contributed by atoms with Gasteiger partial charge in [-0.3, -0.25) is 4.79 Å². The lowest BCUT2D eigenvalue weighted by atomic mass is 9.91. The average molecular weight is 307 g/mol. The minimum atomic E-state index is -0.292. The van der Waals surface area contributed by atoms with Gasteiger partial charge in [0.1, 0.15) is 6.10 Å². The fourth-order valence-electron chi connectivity index (χ4n) is 3.39. The first-order valence-electron chi connectivity index (χ1n) is 8.30. The molecule has 2 fully saturated rings. The number of ether oxygens (including phenoxy) is 1. The summed E-state index contributed by atoms with van der Waals surface area (Å²) in [7, 11) is 0. The molecule has 22 heavy (non-hydrogen) atoms. The van der Waals surface area contributed by atoms with Crippen molar-refractivity contribution in [2.75, 3.05) is 13.2 Å². The SMILES string of the molecule is NC1(CNC(=O)c2ncoc2[C@@H]2CCCO2)CCCCCC1. The molecule has 6 heteroatoms. The van der Waals surface area contributed by atoms with E-state index < -0.39 is 0 Å². The topological polar surface area (TPSA) is 90.4 Å². The van der Waals surface area contributed by atoms with Crippen LogP contribution < -0.4 is 11.1 Å². The van der Waals surface area contributed by atoms with Crippen molar-refractivity contribution in [1.29, 1.82) is 0 Å². The second kappa shape index (κ2) is 6.79. The highest BCUT2D eigenvalue weighted by molar-refractivity contribution is 5.93. The number of rotatable bonds is 4. The Labute approximate surface area is 130 Å². The summed E-state index contributed by atoms with van der Waals surface area (Å²) in [6, 6.07) is 0. The van der Waals surface area contributed by atoms with E-state index in [0.717, 1.165) is 38.5 Å². The van der Waals surface area contributed by atoms with E-state index in [-0.39, 0.29) is 17.6 Å². The van der Waals surface area contributed by atoms with Crippen molar-refractivity contribution in [3.63, 3.8) is 0 Å². The monoisotopic (exact) mass is 307 g/mol. The first-order chi connectivity index (χ1) is 10.7. The Hall–Kier alpha value is -1.40. The van der Waals surface area contributed by atoms with E-state index in [9.17, 15) is 4.79 Å². The summed E-state index contributed by atoms with van der Waals surface area (Å²) in [5, 5.41) is 2.94. The minimum Gasteiger partial charge on any atom is -0.445 e. The van der Waals surface area contributed by atoms with Gasteiger partial charge in [0.15, 0.2) is 17.8 Å². The van der Waals surface area contributed by atoms with E-state index in [4.69, 9.17) is 14.9 Å². The second-order valence-electron chi connectivity index (χ2n) is 6.53. The predicted molar refractivity (Wildman–Crippen MR) is 81.4 cm³/mol. The van der Waals surface area contributed by atoms with Crippen LogP contribution in [0, 0.1) is 0 Å². The Bertz CT molecular complexity index is 500. The molecule has 0 spiro atoms. The highest BCUT2D eigenvalue weighted by atomic mass is 16.5. The molecule has 2 heterocycles. The predicted octanol–water partition coefficient (Wildman–Crippen LogP) is 2.31. The van der Waals surface area contributed by atoms with Crippen molar-refractivity contribution < 1.29 is 13.9 Å². The number of hydrogen-bond acceptors (Lipinski definition) is 5. The molecular formula is C16H25N3O3. The smallest absolute Gasteiger partial charge is 0.273 e. The van der Waals surface area contributed by atoms with Crippen molar-refractivity contribution in [1.82, 2.24) is 10.3 Å². The molecule has 1 aliphatic carbocycles. The van der Waals surface area contributed by atoms with Crippen LogP contribution in [0.4, 0.5) is 0 Å². The van der Waals surface area contributed by atoms with Crippen molar-refractivity contribution >= 4 is 5.91 Å². The van der Waals surface area contributed by atoms with Crippen LogP contribution in [-0.2, 0) is 4.74 Å². The Balaban J connectivity index is 1.61. The standard InChI is InChI=1S/C16H25N3O3/c17-16(7-3-1-2-4-8-16)10-18-15(20)13-14(22-11-19-13)12-6-5-9-21-12/h11-12H,1-10,17H2,(H,18,20)/t12-/m0/s1. The molecule has 0 bridgehead atoms. The molecule has 0 unspecified atom stereocenters. The third kappa shape index (κ3) is 3.50. The highest BCUT2D eigenvalue weighted by Gasteiger charge is 2.30. The maximum atomic E-state index is 12.4. The van der Waals surface area contributed by atoms with Crippen LogP contribution in [0.2, 0.25) is 0 Å². The molecule has 3 N–H and O–H groups in total. The molecule has 0 aromatic carbocycles.